The van der Waals surface area contributed by atoms with E-state index in [4.69, 9.17) is 4.42 Å². The van der Waals surface area contributed by atoms with Crippen LogP contribution in [0.2, 0.25) is 0 Å². The molecule has 1 N–H and O–H groups in total. The highest BCUT2D eigenvalue weighted by molar-refractivity contribution is 5.94. The van der Waals surface area contributed by atoms with Gasteiger partial charge >= 0.3 is 0 Å². The van der Waals surface area contributed by atoms with E-state index in [0.717, 1.165) is 18.5 Å². The van der Waals surface area contributed by atoms with Crippen LogP contribution in [0.5, 0.6) is 0 Å². The predicted octanol–water partition coefficient (Wildman–Crippen LogP) is 2.73. The minimum absolute atomic E-state index is 0.132. The Kier molecular flexibility index (Phi) is 4.11. The average molecular weight is 337 g/mol. The lowest BCUT2D eigenvalue weighted by Crippen LogP contribution is -2.42. The van der Waals surface area contributed by atoms with Crippen LogP contribution < -0.4 is 0 Å². The van der Waals surface area contributed by atoms with E-state index in [-0.39, 0.29) is 5.91 Å². The minimum atomic E-state index is -0.463. The number of piperidine rings is 1. The van der Waals surface area contributed by atoms with Gasteiger partial charge in [-0.3, -0.25) is 4.79 Å². The van der Waals surface area contributed by atoms with E-state index in [1.807, 2.05) is 36.4 Å². The highest BCUT2D eigenvalue weighted by Gasteiger charge is 2.27. The van der Waals surface area contributed by atoms with E-state index in [0.29, 0.717) is 30.2 Å². The number of hydrogen-bond acceptors (Lipinski definition) is 4. The zero-order valence-corrected chi connectivity index (χ0v) is 13.7. The van der Waals surface area contributed by atoms with Gasteiger partial charge in [-0.2, -0.15) is 5.10 Å². The fourth-order valence-corrected chi connectivity index (χ4v) is 3.15. The molecular weight excluding hydrogens is 318 g/mol. The highest BCUT2D eigenvalue weighted by atomic mass is 16.3. The number of benzene rings is 1. The number of rotatable bonds is 3. The Balaban J connectivity index is 1.76. The molecule has 2 aromatic heterocycles. The number of para-hydroxylation sites is 1. The second-order valence-electron chi connectivity index (χ2n) is 6.19. The number of amides is 1. The first-order valence-corrected chi connectivity index (χ1v) is 8.39. The number of furan rings is 1. The molecule has 6 nitrogen and oxygen atoms in total. The molecule has 128 valence electrons. The summed E-state index contributed by atoms with van der Waals surface area (Å²) in [7, 11) is 0. The van der Waals surface area contributed by atoms with Gasteiger partial charge in [-0.25, -0.2) is 4.68 Å². The summed E-state index contributed by atoms with van der Waals surface area (Å²) >= 11 is 0. The summed E-state index contributed by atoms with van der Waals surface area (Å²) in [6.07, 6.45) is 2.66. The third-order valence-electron chi connectivity index (χ3n) is 4.39. The van der Waals surface area contributed by atoms with Crippen molar-refractivity contribution in [1.82, 2.24) is 14.7 Å². The van der Waals surface area contributed by atoms with Gasteiger partial charge in [-0.05, 0) is 37.1 Å². The number of aliphatic hydroxyl groups excluding tert-OH is 1. The Labute approximate surface area is 145 Å². The van der Waals surface area contributed by atoms with Crippen molar-refractivity contribution in [3.8, 4) is 17.1 Å². The number of aromatic nitrogens is 2. The number of carbonyl (C=O) groups is 1. The SMILES string of the molecule is O=C(c1cc(-c2ccco2)nn1-c1ccccc1)N1CCC[C@H](O)C1. The molecule has 1 amide bonds. The van der Waals surface area contributed by atoms with Crippen LogP contribution in [0.25, 0.3) is 17.1 Å². The molecule has 0 aliphatic carbocycles. The number of β-amino-alcohol motifs (C(OH)–C–C–N with tert-alkyl or cyclic N) is 1. The van der Waals surface area contributed by atoms with Crippen LogP contribution >= 0.6 is 0 Å². The largest absolute Gasteiger partial charge is 0.463 e. The Bertz CT molecular complexity index is 855. The first-order valence-electron chi connectivity index (χ1n) is 8.39. The smallest absolute Gasteiger partial charge is 0.272 e. The van der Waals surface area contributed by atoms with Crippen molar-refractivity contribution in [1.29, 1.82) is 0 Å². The lowest BCUT2D eigenvalue weighted by atomic mass is 10.1. The molecule has 0 spiro atoms. The second kappa shape index (κ2) is 6.57. The number of nitrogens with zero attached hydrogens (tertiary/aromatic N) is 3. The molecule has 0 saturated carbocycles. The number of carbonyl (C=O) groups excluding carboxylic acids is 1. The summed E-state index contributed by atoms with van der Waals surface area (Å²) in [4.78, 5) is 14.7. The van der Waals surface area contributed by atoms with E-state index < -0.39 is 6.10 Å². The van der Waals surface area contributed by atoms with E-state index in [9.17, 15) is 9.90 Å². The first-order chi connectivity index (χ1) is 12.2. The molecule has 1 aliphatic rings. The van der Waals surface area contributed by atoms with Crippen LogP contribution in [-0.4, -0.2) is 44.9 Å². The third-order valence-corrected chi connectivity index (χ3v) is 4.39. The van der Waals surface area contributed by atoms with Crippen LogP contribution in [0, 0.1) is 0 Å². The maximum Gasteiger partial charge on any atom is 0.272 e. The van der Waals surface area contributed by atoms with Crippen molar-refractivity contribution in [3.63, 3.8) is 0 Å². The number of likely N-dealkylation sites (tertiary alicyclic amines) is 1. The monoisotopic (exact) mass is 337 g/mol. The average Bonchev–Trinajstić information content (AvgIpc) is 3.31. The topological polar surface area (TPSA) is 71.5 Å². The quantitative estimate of drug-likeness (QED) is 0.798. The lowest BCUT2D eigenvalue weighted by Gasteiger charge is -2.30. The van der Waals surface area contributed by atoms with Crippen LogP contribution in [0.4, 0.5) is 0 Å². The Hall–Kier alpha value is -2.86. The van der Waals surface area contributed by atoms with Gasteiger partial charge < -0.3 is 14.4 Å². The standard InChI is InChI=1S/C19H19N3O3/c23-15-8-4-10-21(13-15)19(24)17-12-16(18-9-5-11-25-18)20-22(17)14-6-2-1-3-7-14/h1-3,5-7,9,11-12,15,23H,4,8,10,13H2/t15-/m0/s1. The molecule has 0 unspecified atom stereocenters. The van der Waals surface area contributed by atoms with Crippen molar-refractivity contribution in [2.24, 2.45) is 0 Å². The van der Waals surface area contributed by atoms with Gasteiger partial charge in [0.2, 0.25) is 0 Å². The van der Waals surface area contributed by atoms with Gasteiger partial charge in [0, 0.05) is 19.2 Å². The van der Waals surface area contributed by atoms with E-state index in [1.165, 1.54) is 0 Å². The minimum Gasteiger partial charge on any atom is -0.463 e. The van der Waals surface area contributed by atoms with Gasteiger partial charge in [-0.1, -0.05) is 18.2 Å². The van der Waals surface area contributed by atoms with Gasteiger partial charge in [-0.15, -0.1) is 0 Å². The molecule has 25 heavy (non-hydrogen) atoms. The second-order valence-corrected chi connectivity index (χ2v) is 6.19. The number of aliphatic hydroxyl groups is 1. The van der Waals surface area contributed by atoms with Gasteiger partial charge in [0.25, 0.3) is 5.91 Å². The molecule has 0 radical (unpaired) electrons. The zero-order chi connectivity index (χ0) is 17.2. The summed E-state index contributed by atoms with van der Waals surface area (Å²) in [5.74, 6) is 0.482. The molecule has 1 aromatic carbocycles. The molecule has 1 saturated heterocycles. The summed E-state index contributed by atoms with van der Waals surface area (Å²) in [5, 5.41) is 14.5. The Morgan fingerprint density at radius 2 is 2.04 bits per heavy atom. The fourth-order valence-electron chi connectivity index (χ4n) is 3.15. The summed E-state index contributed by atoms with van der Waals surface area (Å²) in [6.45, 7) is 1.00. The van der Waals surface area contributed by atoms with Crippen molar-refractivity contribution in [2.75, 3.05) is 13.1 Å². The molecule has 3 aromatic rings. The van der Waals surface area contributed by atoms with Crippen molar-refractivity contribution in [2.45, 2.75) is 18.9 Å². The van der Waals surface area contributed by atoms with Gasteiger partial charge in [0.1, 0.15) is 11.4 Å². The highest BCUT2D eigenvalue weighted by Crippen LogP contribution is 2.24. The molecule has 1 aliphatic heterocycles. The van der Waals surface area contributed by atoms with Crippen molar-refractivity contribution >= 4 is 5.91 Å². The van der Waals surface area contributed by atoms with Gasteiger partial charge in [0.05, 0.1) is 18.1 Å². The first kappa shape index (κ1) is 15.7. The summed E-state index contributed by atoms with van der Waals surface area (Å²) in [6, 6.07) is 14.9. The van der Waals surface area contributed by atoms with E-state index >= 15 is 0 Å². The Morgan fingerprint density at radius 1 is 1.20 bits per heavy atom. The van der Waals surface area contributed by atoms with Crippen molar-refractivity contribution < 1.29 is 14.3 Å². The molecule has 4 rings (SSSR count). The molecule has 6 heteroatoms. The third kappa shape index (κ3) is 3.08. The van der Waals surface area contributed by atoms with E-state index in [1.54, 1.807) is 28.0 Å². The maximum absolute atomic E-state index is 13.0. The van der Waals surface area contributed by atoms with Crippen LogP contribution in [0.1, 0.15) is 23.3 Å². The van der Waals surface area contributed by atoms with Crippen LogP contribution in [0.15, 0.2) is 59.2 Å². The maximum atomic E-state index is 13.0. The number of hydrogen-bond donors (Lipinski definition) is 1. The molecule has 1 atom stereocenters. The normalized spacial score (nSPS) is 17.6. The van der Waals surface area contributed by atoms with Crippen LogP contribution in [0.3, 0.4) is 0 Å². The van der Waals surface area contributed by atoms with E-state index in [2.05, 4.69) is 5.10 Å². The summed E-state index contributed by atoms with van der Waals surface area (Å²) in [5.41, 5.74) is 1.88. The van der Waals surface area contributed by atoms with Crippen LogP contribution in [-0.2, 0) is 0 Å². The molecule has 3 heterocycles. The molecular formula is C19H19N3O3. The predicted molar refractivity (Wildman–Crippen MR) is 92.4 cm³/mol. The zero-order valence-electron chi connectivity index (χ0n) is 13.7. The Morgan fingerprint density at radius 3 is 2.76 bits per heavy atom. The van der Waals surface area contributed by atoms with Gasteiger partial charge in [0.15, 0.2) is 5.76 Å². The summed E-state index contributed by atoms with van der Waals surface area (Å²) < 4.78 is 7.07. The fraction of sp³-hybridized carbons (Fsp3) is 0.263. The molecule has 1 fully saturated rings. The van der Waals surface area contributed by atoms with Crippen molar-refractivity contribution in [3.05, 3.63) is 60.5 Å². The lowest BCUT2D eigenvalue weighted by molar-refractivity contribution is 0.0466. The molecule has 0 bridgehead atoms.